The van der Waals surface area contributed by atoms with Gasteiger partial charge in [0.25, 0.3) is 11.8 Å². The number of para-hydroxylation sites is 2. The van der Waals surface area contributed by atoms with Crippen LogP contribution in [0, 0.1) is 0 Å². The molecule has 0 aromatic heterocycles. The quantitative estimate of drug-likeness (QED) is 0.0230. The van der Waals surface area contributed by atoms with Gasteiger partial charge in [0.1, 0.15) is 19.1 Å². The molecular formula is C53H64F3N10O9+. The van der Waals surface area contributed by atoms with Gasteiger partial charge in [0.05, 0.1) is 18.5 Å². The van der Waals surface area contributed by atoms with Crippen molar-refractivity contribution in [1.29, 1.82) is 0 Å². The van der Waals surface area contributed by atoms with Gasteiger partial charge in [0.2, 0.25) is 29.3 Å². The average molecular weight is 1040 g/mol. The molecular weight excluding hydrogens is 978 g/mol. The van der Waals surface area contributed by atoms with Crippen molar-refractivity contribution >= 4 is 58.5 Å². The molecule has 0 bridgehead atoms. The van der Waals surface area contributed by atoms with E-state index in [0.29, 0.717) is 25.8 Å². The van der Waals surface area contributed by atoms with Crippen molar-refractivity contribution in [2.75, 3.05) is 38.1 Å². The predicted molar refractivity (Wildman–Crippen MR) is 270 cm³/mol. The second-order valence-corrected chi connectivity index (χ2v) is 19.6. The zero-order valence-electron chi connectivity index (χ0n) is 42.5. The number of benzene rings is 3. The molecule has 0 unspecified atom stereocenters. The Balaban J connectivity index is 0.995. The number of halogens is 3. The Labute approximate surface area is 432 Å². The Morgan fingerprint density at radius 3 is 2.03 bits per heavy atom. The Morgan fingerprint density at radius 1 is 0.720 bits per heavy atom. The number of unbranched alkanes of at least 4 members (excludes halogenated alkanes) is 2. The molecule has 3 aliphatic heterocycles. The highest BCUT2D eigenvalue weighted by Crippen LogP contribution is 2.52. The number of carboxylic acid groups (broad SMARTS) is 1. The van der Waals surface area contributed by atoms with Crippen molar-refractivity contribution in [3.05, 3.63) is 119 Å². The third kappa shape index (κ3) is 13.5. The number of nitrogens with one attached hydrogen (secondary N) is 6. The van der Waals surface area contributed by atoms with Crippen LogP contribution >= 0.6 is 0 Å². The van der Waals surface area contributed by atoms with Gasteiger partial charge in [-0.3, -0.25) is 38.8 Å². The monoisotopic (exact) mass is 1040 g/mol. The molecule has 8 N–H and O–H groups in total. The summed E-state index contributed by atoms with van der Waals surface area (Å²) in [4.78, 5) is 89.9. The van der Waals surface area contributed by atoms with Crippen molar-refractivity contribution in [3.8, 4) is 0 Å². The van der Waals surface area contributed by atoms with Crippen molar-refractivity contribution in [2.24, 2.45) is 10.2 Å². The second kappa shape index (κ2) is 24.1. The number of alkyl halides is 3. The normalized spacial score (nSPS) is 16.9. The van der Waals surface area contributed by atoms with E-state index in [9.17, 15) is 46.7 Å². The number of carbonyl (C=O) groups is 7. The number of nitrogens with zero attached hydrogens (tertiary/aromatic N) is 4. The lowest BCUT2D eigenvalue weighted by molar-refractivity contribution is -0.401. The van der Waals surface area contributed by atoms with Gasteiger partial charge >= 0.3 is 17.8 Å². The molecule has 3 aromatic rings. The van der Waals surface area contributed by atoms with Gasteiger partial charge in [-0.1, -0.05) is 68.5 Å². The van der Waals surface area contributed by atoms with Gasteiger partial charge in [-0.2, -0.15) is 17.7 Å². The number of anilines is 1. The summed E-state index contributed by atoms with van der Waals surface area (Å²) in [5.41, 5.74) is 5.00. The summed E-state index contributed by atoms with van der Waals surface area (Å²) in [7, 11) is 2.10. The summed E-state index contributed by atoms with van der Waals surface area (Å²) < 4.78 is 42.9. The van der Waals surface area contributed by atoms with Crippen LogP contribution in [-0.2, 0) is 45.3 Å². The van der Waals surface area contributed by atoms with Crippen LogP contribution in [0.5, 0.6) is 0 Å². The molecule has 400 valence electrons. The van der Waals surface area contributed by atoms with Gasteiger partial charge in [0, 0.05) is 71.6 Å². The van der Waals surface area contributed by atoms with Crippen molar-refractivity contribution in [2.45, 2.75) is 114 Å². The second-order valence-electron chi connectivity index (χ2n) is 19.6. The number of carbonyl (C=O) groups excluding carboxylic acids is 6. The maximum Gasteiger partial charge on any atom is 0.442 e. The van der Waals surface area contributed by atoms with Gasteiger partial charge in [0.15, 0.2) is 5.71 Å². The molecule has 3 aliphatic rings. The van der Waals surface area contributed by atoms with Crippen LogP contribution in [0.3, 0.4) is 0 Å². The molecule has 22 heteroatoms. The molecule has 0 spiro atoms. The number of amides is 6. The SMILES string of the molecule is C[N+]1=C(/C=C/C=C2/N(CCCCC(=O)NCCCC[C@H](NC(=O)c3ccc(C4(C(F)(F)F)N=N4)cc3)C(=O)NCC(=O)NCC(=O)N[C@@H](CCC(=O)O)C(=O)NO)c3ccccc3C2(C)C)C(C)(C)c2ccccc21. The maximum absolute atomic E-state index is 13.6. The fourth-order valence-electron chi connectivity index (χ4n) is 9.46. The number of hydrogen-bond donors (Lipinski definition) is 8. The lowest BCUT2D eigenvalue weighted by Gasteiger charge is -2.27. The molecule has 6 amide bonds. The maximum atomic E-state index is 13.6. The number of hydroxylamine groups is 1. The van der Waals surface area contributed by atoms with Gasteiger partial charge in [-0.05, 0) is 82.2 Å². The molecule has 0 saturated heterocycles. The highest BCUT2D eigenvalue weighted by molar-refractivity contribution is 6.03. The zero-order chi connectivity index (χ0) is 54.7. The minimum atomic E-state index is -4.78. The van der Waals surface area contributed by atoms with Crippen molar-refractivity contribution < 1.29 is 61.6 Å². The number of hydrogen-bond acceptors (Lipinski definition) is 11. The van der Waals surface area contributed by atoms with E-state index < -0.39 is 78.9 Å². The van der Waals surface area contributed by atoms with Crippen LogP contribution < -0.4 is 37.0 Å². The first-order chi connectivity index (χ1) is 35.5. The van der Waals surface area contributed by atoms with Crippen molar-refractivity contribution in [1.82, 2.24) is 32.1 Å². The minimum Gasteiger partial charge on any atom is -0.481 e. The summed E-state index contributed by atoms with van der Waals surface area (Å²) >= 11 is 0. The lowest BCUT2D eigenvalue weighted by atomic mass is 9.81. The summed E-state index contributed by atoms with van der Waals surface area (Å²) in [5, 5.41) is 36.4. The highest BCUT2D eigenvalue weighted by Gasteiger charge is 2.65. The van der Waals surface area contributed by atoms with E-state index in [1.165, 1.54) is 28.0 Å². The Morgan fingerprint density at radius 2 is 1.37 bits per heavy atom. The number of rotatable bonds is 25. The largest absolute Gasteiger partial charge is 0.481 e. The molecule has 19 nitrogen and oxygen atoms in total. The molecule has 0 radical (unpaired) electrons. The van der Waals surface area contributed by atoms with Gasteiger partial charge in [-0.25, -0.2) is 5.48 Å². The zero-order valence-corrected chi connectivity index (χ0v) is 42.5. The Kier molecular flexibility index (Phi) is 18.1. The molecule has 3 aromatic carbocycles. The lowest BCUT2D eigenvalue weighted by Crippen LogP contribution is -2.51. The van der Waals surface area contributed by atoms with Gasteiger partial charge < -0.3 is 36.6 Å². The first-order valence-electron chi connectivity index (χ1n) is 24.7. The van der Waals surface area contributed by atoms with E-state index in [0.717, 1.165) is 42.1 Å². The van der Waals surface area contributed by atoms with E-state index in [-0.39, 0.29) is 53.7 Å². The van der Waals surface area contributed by atoms with E-state index >= 15 is 0 Å². The summed E-state index contributed by atoms with van der Waals surface area (Å²) in [6.45, 7) is 8.50. The molecule has 3 heterocycles. The van der Waals surface area contributed by atoms with Crippen molar-refractivity contribution in [3.63, 3.8) is 0 Å². The molecule has 75 heavy (non-hydrogen) atoms. The minimum absolute atomic E-state index is 0.0231. The van der Waals surface area contributed by atoms with Crippen LogP contribution in [-0.4, -0.2) is 114 Å². The molecule has 2 atom stereocenters. The van der Waals surface area contributed by atoms with E-state index in [1.807, 2.05) is 12.1 Å². The van der Waals surface area contributed by atoms with Crippen LogP contribution in [0.4, 0.5) is 24.5 Å². The summed E-state index contributed by atoms with van der Waals surface area (Å²) in [5.74, 6) is -5.88. The first-order valence-corrected chi connectivity index (χ1v) is 24.7. The first kappa shape index (κ1) is 56.5. The number of allylic oxidation sites excluding steroid dienone is 4. The van der Waals surface area contributed by atoms with E-state index in [4.69, 9.17) is 10.3 Å². The summed E-state index contributed by atoms with van der Waals surface area (Å²) in [6, 6.07) is 18.5. The Bertz CT molecular complexity index is 2780. The van der Waals surface area contributed by atoms with Gasteiger partial charge in [-0.15, -0.1) is 10.2 Å². The molecule has 0 fully saturated rings. The van der Waals surface area contributed by atoms with Crippen LogP contribution in [0.2, 0.25) is 0 Å². The molecule has 0 saturated carbocycles. The molecule has 0 aliphatic carbocycles. The number of aliphatic carboxylic acids is 1. The Hall–Kier alpha value is -7.75. The smallest absolute Gasteiger partial charge is 0.442 e. The van der Waals surface area contributed by atoms with Crippen LogP contribution in [0.1, 0.15) is 106 Å². The predicted octanol–water partition coefficient (Wildman–Crippen LogP) is 5.45. The summed E-state index contributed by atoms with van der Waals surface area (Å²) in [6.07, 6.45) is 3.21. The molecule has 6 rings (SSSR count). The van der Waals surface area contributed by atoms with Crippen LogP contribution in [0.25, 0.3) is 0 Å². The number of fused-ring (bicyclic) bond motifs is 2. The fraction of sp³-hybridized carbons (Fsp3) is 0.434. The average Bonchev–Trinajstić information content (AvgIpc) is 4.14. The van der Waals surface area contributed by atoms with E-state index in [2.05, 4.69) is 136 Å². The standard InChI is InChI=1S/C53H63F3N10O9/c1-50(2)35-15-6-8-18-39(35)65(5)41(50)20-14-21-42-51(3,4)36-16-7-9-19-40(36)66(42)30-13-11-22-43(67)57-29-12-10-17-37(61-47(72)33-23-25-34(26-24-33)52(63-64-52)53(54,55)56)48(73)59-31-44(68)58-32-45(69)60-38(49(74)62-75)27-28-46(70)71/h6-9,14-16,18-21,23-26,37-38H,10-13,17,22,27-32H2,1-5H3,(H7-,57,58,59,60,61,62,63,64,67,68,69,70,71,72,73,74,75)/p+1/t37-,38-/m0/s1. The topological polar surface area (TPSA) is 263 Å². The number of carboxylic acids is 1. The highest BCUT2D eigenvalue weighted by atomic mass is 19.4. The van der Waals surface area contributed by atoms with Crippen LogP contribution in [0.15, 0.2) is 107 Å². The fourth-order valence-corrected chi connectivity index (χ4v) is 9.46. The van der Waals surface area contributed by atoms with E-state index in [1.54, 1.807) is 0 Å². The third-order valence-corrected chi connectivity index (χ3v) is 13.7. The third-order valence-electron chi connectivity index (χ3n) is 13.7.